The van der Waals surface area contributed by atoms with Crippen molar-refractivity contribution in [3.8, 4) is 35.2 Å². The molecule has 0 heterocycles. The molecule has 0 aliphatic carbocycles. The third-order valence-electron chi connectivity index (χ3n) is 16.0. The van der Waals surface area contributed by atoms with Crippen LogP contribution in [-0.2, 0) is 70.2 Å². The number of Topliss-reactive ketones (excluding diaryl/α,β-unsaturated/α-hetero) is 2. The van der Waals surface area contributed by atoms with E-state index in [4.69, 9.17) is 23.7 Å². The van der Waals surface area contributed by atoms with E-state index in [2.05, 4.69) is 48.2 Å². The maximum Gasteiger partial charge on any atom is 1.00 e. The Morgan fingerprint density at radius 2 is 0.898 bits per heavy atom. The molecular formula is C76H111KN2O19. The van der Waals surface area contributed by atoms with Gasteiger partial charge in [-0.25, -0.2) is 14.4 Å². The van der Waals surface area contributed by atoms with Crippen molar-refractivity contribution in [2.24, 2.45) is 11.8 Å². The number of esters is 3. The molecule has 0 bridgehead atoms. The number of aliphatic hydroxyl groups excluding tert-OH is 1. The summed E-state index contributed by atoms with van der Waals surface area (Å²) in [5.41, 5.74) is -4.02. The topological polar surface area (TPSA) is 328 Å². The second kappa shape index (κ2) is 56.5. The van der Waals surface area contributed by atoms with Crippen LogP contribution in [0.25, 0.3) is 0 Å². The maximum absolute atomic E-state index is 13.7. The summed E-state index contributed by atoms with van der Waals surface area (Å²) in [5.74, 6) is 1.99. The van der Waals surface area contributed by atoms with Crippen molar-refractivity contribution >= 4 is 53.2 Å². The Morgan fingerprint density at radius 3 is 1.22 bits per heavy atom. The van der Waals surface area contributed by atoms with Gasteiger partial charge in [0, 0.05) is 64.9 Å². The number of carbonyl (C=O) groups is 9. The van der Waals surface area contributed by atoms with Gasteiger partial charge in [0.1, 0.15) is 54.0 Å². The number of aliphatic carboxylic acids is 2. The van der Waals surface area contributed by atoms with Crippen LogP contribution in [-0.4, -0.2) is 137 Å². The van der Waals surface area contributed by atoms with E-state index in [1.54, 1.807) is 88.4 Å². The fourth-order valence-electron chi connectivity index (χ4n) is 10.4. The quantitative estimate of drug-likeness (QED) is 0.00981. The number of carbonyl (C=O) groups excluding carboxylic acids is 8. The first-order valence-corrected chi connectivity index (χ1v) is 34.8. The molecule has 21 nitrogen and oxygen atoms in total. The number of carboxylic acid groups (broad SMARTS) is 2. The molecule has 0 aliphatic heterocycles. The van der Waals surface area contributed by atoms with Crippen molar-refractivity contribution in [2.45, 2.75) is 252 Å². The predicted molar refractivity (Wildman–Crippen MR) is 368 cm³/mol. The largest absolute Gasteiger partial charge is 1.00 e. The van der Waals surface area contributed by atoms with Gasteiger partial charge in [-0.3, -0.25) is 24.0 Å². The molecule has 2 aromatic rings. The number of hydrogen-bond donors (Lipinski definition) is 6. The third-order valence-corrected chi connectivity index (χ3v) is 16.0. The summed E-state index contributed by atoms with van der Waals surface area (Å²) < 4.78 is 26.3. The van der Waals surface area contributed by atoms with Crippen LogP contribution in [0.15, 0.2) is 72.8 Å². The molecule has 2 amide bonds. The zero-order valence-electron chi connectivity index (χ0n) is 59.7. The average Bonchev–Trinajstić information content (AvgIpc) is 0.814. The summed E-state index contributed by atoms with van der Waals surface area (Å²) in [7, 11) is 0. The van der Waals surface area contributed by atoms with E-state index in [0.717, 1.165) is 84.0 Å². The Morgan fingerprint density at radius 1 is 0.531 bits per heavy atom. The number of hydrogen-bond acceptors (Lipinski definition) is 18. The standard InChI is InChI=1S/C39H57NO10.C37H55NO9.K/c1-5-8-10-13-16-19-32(42)20-17-14-11-12-15-18-21-34(39(47,38(45)46)26-28-49-30(4)41)36(43)40-35(37(44)48-7-3)29-31-22-24-33(25-23-31)50-27-9-6-2;1-4-7-9-12-15-18-30(40)19-16-13-10-11-14-17-20-32(37(45,25-26-39)36(43)44)34(41)38-33(35(42)46-6-3)28-29-21-23-31(24-22-29)47-27-8-5-2;/h18,21-25,34-35,47H,5,7-8,10-17,19-20,26-29H2,1-4H3,(H,40,43)(H,45,46);17,20-24,32-33,39,45H,4,6-7,9-16,18-19,25-28H2,1-3H3,(H,38,41)(H,43,44);/q;;+1/p-1/b21-18+;20-17+;/t34-,35+,39+;32-,33+,37+;/m11./s1. The zero-order valence-corrected chi connectivity index (χ0v) is 62.8. The van der Waals surface area contributed by atoms with E-state index in [-0.39, 0.29) is 90.7 Å². The number of ketones is 2. The first kappa shape index (κ1) is 91.8. The SMILES string of the molecule is CC#CCOc1ccc(C[C@H](NC(=O)[C@@H](/C=C/CCCCCCC(=O)CCCCCCC)[C@@](O)(CCO)C(=O)[O-])C(=O)OCC)cc1.CC#CCOc1ccc(C[C@H](NC(=O)[C@@H](/C=C/CCCCCCC(=O)CCCCCCC)[C@@](O)(CCOC(C)=O)C(=O)O)C(=O)OCC)cc1.[K+]. The second-order valence-electron chi connectivity index (χ2n) is 23.9. The van der Waals surface area contributed by atoms with Crippen LogP contribution < -0.4 is 76.6 Å². The number of ether oxygens (including phenoxy) is 5. The van der Waals surface area contributed by atoms with E-state index in [1.807, 2.05) is 0 Å². The zero-order chi connectivity index (χ0) is 72.1. The van der Waals surface area contributed by atoms with Crippen LogP contribution in [0.5, 0.6) is 11.5 Å². The van der Waals surface area contributed by atoms with Gasteiger partial charge in [-0.15, -0.1) is 11.8 Å². The fourth-order valence-corrected chi connectivity index (χ4v) is 10.4. The first-order valence-electron chi connectivity index (χ1n) is 34.8. The maximum atomic E-state index is 13.7. The minimum atomic E-state index is -2.72. The normalized spacial score (nSPS) is 13.3. The van der Waals surface area contributed by atoms with Gasteiger partial charge in [0.15, 0.2) is 5.60 Å². The summed E-state index contributed by atoms with van der Waals surface area (Å²) in [6.07, 6.45) is 25.7. The number of carboxylic acids is 2. The van der Waals surface area contributed by atoms with Crippen molar-refractivity contribution in [1.82, 2.24) is 10.6 Å². The summed E-state index contributed by atoms with van der Waals surface area (Å²) in [6.45, 7) is 11.5. The third kappa shape index (κ3) is 40.1. The first-order chi connectivity index (χ1) is 46.6. The molecular weight excluding hydrogens is 1280 g/mol. The number of aliphatic hydroxyl groups is 3. The fraction of sp³-hybridized carbons (Fsp3) is 0.618. The van der Waals surface area contributed by atoms with Crippen molar-refractivity contribution in [3.63, 3.8) is 0 Å². The van der Waals surface area contributed by atoms with Crippen LogP contribution in [0, 0.1) is 35.5 Å². The molecule has 0 fully saturated rings. The molecule has 98 heavy (non-hydrogen) atoms. The monoisotopic (exact) mass is 1390 g/mol. The number of amides is 2. The molecule has 0 radical (unpaired) electrons. The van der Waals surface area contributed by atoms with Crippen molar-refractivity contribution < 1.29 is 144 Å². The Kier molecular flexibility index (Phi) is 52.9. The Bertz CT molecular complexity index is 2840. The smallest absolute Gasteiger partial charge is 0.547 e. The van der Waals surface area contributed by atoms with Crippen LogP contribution >= 0.6 is 0 Å². The van der Waals surface area contributed by atoms with Crippen LogP contribution in [0.4, 0.5) is 0 Å². The van der Waals surface area contributed by atoms with E-state index in [9.17, 15) is 68.7 Å². The second-order valence-corrected chi connectivity index (χ2v) is 23.9. The number of allylic oxidation sites excluding steroid dienone is 2. The molecule has 6 atom stereocenters. The van der Waals surface area contributed by atoms with Crippen LogP contribution in [0.2, 0.25) is 0 Å². The minimum absolute atomic E-state index is 0. The summed E-state index contributed by atoms with van der Waals surface area (Å²) >= 11 is 0. The molecule has 0 saturated carbocycles. The van der Waals surface area contributed by atoms with E-state index < -0.39 is 103 Å². The van der Waals surface area contributed by atoms with Gasteiger partial charge in [0.2, 0.25) is 11.8 Å². The molecule has 0 aliphatic rings. The minimum Gasteiger partial charge on any atom is -0.547 e. The number of nitrogens with one attached hydrogen (secondary N) is 2. The van der Waals surface area contributed by atoms with Crippen molar-refractivity contribution in [3.05, 3.63) is 84.0 Å². The molecule has 540 valence electrons. The van der Waals surface area contributed by atoms with Crippen LogP contribution in [0.1, 0.15) is 227 Å². The van der Waals surface area contributed by atoms with Gasteiger partial charge in [0.25, 0.3) is 0 Å². The summed E-state index contributed by atoms with van der Waals surface area (Å²) in [5, 5.41) is 59.1. The predicted octanol–water partition coefficient (Wildman–Crippen LogP) is 6.88. The molecule has 0 aromatic heterocycles. The Labute approximate surface area is 624 Å². The number of benzene rings is 2. The van der Waals surface area contributed by atoms with Gasteiger partial charge in [-0.1, -0.05) is 151 Å². The Hall–Kier alpha value is -6.21. The molecule has 22 heteroatoms. The number of unbranched alkanes of at least 4 members (excludes halogenated alkanes) is 16. The van der Waals surface area contributed by atoms with Crippen molar-refractivity contribution in [2.75, 3.05) is 39.6 Å². The number of rotatable bonds is 53. The molecule has 2 aromatic carbocycles. The Balaban J connectivity index is 0.00000190. The molecule has 0 saturated heterocycles. The van der Waals surface area contributed by atoms with Gasteiger partial charge in [0.05, 0.1) is 37.6 Å². The van der Waals surface area contributed by atoms with Gasteiger partial charge in [-0.05, 0) is 114 Å². The average molecular weight is 1400 g/mol. The molecule has 0 spiro atoms. The van der Waals surface area contributed by atoms with Gasteiger partial charge >= 0.3 is 75.3 Å². The van der Waals surface area contributed by atoms with Crippen LogP contribution in [0.3, 0.4) is 0 Å². The molecule has 0 unspecified atom stereocenters. The summed E-state index contributed by atoms with van der Waals surface area (Å²) in [6, 6.07) is 11.3. The van der Waals surface area contributed by atoms with E-state index >= 15 is 0 Å². The molecule has 6 N–H and O–H groups in total. The summed E-state index contributed by atoms with van der Waals surface area (Å²) in [4.78, 5) is 113. The molecule has 2 rings (SSSR count). The van der Waals surface area contributed by atoms with E-state index in [0.29, 0.717) is 72.7 Å². The van der Waals surface area contributed by atoms with Crippen molar-refractivity contribution in [1.29, 1.82) is 0 Å². The van der Waals surface area contributed by atoms with E-state index in [1.165, 1.54) is 50.7 Å². The van der Waals surface area contributed by atoms with Gasteiger partial charge in [-0.2, -0.15) is 0 Å². The van der Waals surface area contributed by atoms with Gasteiger partial charge < -0.3 is 64.6 Å².